The van der Waals surface area contributed by atoms with Crippen LogP contribution in [0.15, 0.2) is 24.5 Å². The maximum Gasteiger partial charge on any atom is 0.350 e. The predicted octanol–water partition coefficient (Wildman–Crippen LogP) is 4.27. The van der Waals surface area contributed by atoms with E-state index in [0.29, 0.717) is 25.3 Å². The Bertz CT molecular complexity index is 799. The number of hydrogen-bond donors (Lipinski definition) is 0. The molecule has 0 atom stereocenters. The monoisotopic (exact) mass is 392 g/mol. The van der Waals surface area contributed by atoms with Crippen LogP contribution in [-0.2, 0) is 4.43 Å². The molecule has 0 bridgehead atoms. The quantitative estimate of drug-likeness (QED) is 0.288. The lowest BCUT2D eigenvalue weighted by atomic mass is 10.2. The summed E-state index contributed by atoms with van der Waals surface area (Å²) in [6.07, 6.45) is 3.66. The van der Waals surface area contributed by atoms with Crippen molar-refractivity contribution in [2.75, 3.05) is 13.2 Å². The number of pyridine rings is 1. The molecule has 27 heavy (non-hydrogen) atoms. The van der Waals surface area contributed by atoms with Crippen molar-refractivity contribution in [2.45, 2.75) is 52.2 Å². The molecular formula is C18H28N4O4Si. The van der Waals surface area contributed by atoms with E-state index in [1.54, 1.807) is 18.3 Å². The molecule has 148 valence electrons. The van der Waals surface area contributed by atoms with Gasteiger partial charge in [0, 0.05) is 19.2 Å². The van der Waals surface area contributed by atoms with E-state index in [9.17, 15) is 10.1 Å². The molecule has 9 heteroatoms. The van der Waals surface area contributed by atoms with Gasteiger partial charge in [0.1, 0.15) is 6.20 Å². The molecule has 2 rings (SSSR count). The second-order valence-electron chi connectivity index (χ2n) is 7.94. The van der Waals surface area contributed by atoms with Gasteiger partial charge < -0.3 is 9.16 Å². The van der Waals surface area contributed by atoms with E-state index in [1.165, 1.54) is 10.9 Å². The largest absolute Gasteiger partial charge is 0.472 e. The smallest absolute Gasteiger partial charge is 0.350 e. The highest BCUT2D eigenvalue weighted by atomic mass is 28.4. The van der Waals surface area contributed by atoms with Crippen molar-refractivity contribution in [1.82, 2.24) is 14.8 Å². The van der Waals surface area contributed by atoms with Crippen LogP contribution < -0.4 is 4.74 Å². The van der Waals surface area contributed by atoms with E-state index >= 15 is 0 Å². The lowest BCUT2D eigenvalue weighted by Gasteiger charge is -2.36. The molecule has 0 amide bonds. The Kier molecular flexibility index (Phi) is 6.37. The Morgan fingerprint density at radius 1 is 1.30 bits per heavy atom. The normalized spacial score (nSPS) is 12.2. The first-order valence-electron chi connectivity index (χ1n) is 8.96. The standard InChI is InChI=1S/C18H28N4O4Si/c1-14-15(9-7-10-19-14)21-13-16(22(23)24)17(20-21)25-11-8-12-26-27(5,6)18(2,3)4/h7,9-10,13H,8,11-12H2,1-6H3. The highest BCUT2D eigenvalue weighted by Crippen LogP contribution is 2.36. The fourth-order valence-electron chi connectivity index (χ4n) is 2.19. The molecule has 0 saturated carbocycles. The van der Waals surface area contributed by atoms with Crippen molar-refractivity contribution in [2.24, 2.45) is 0 Å². The van der Waals surface area contributed by atoms with Crippen LogP contribution in [0.4, 0.5) is 5.69 Å². The lowest BCUT2D eigenvalue weighted by molar-refractivity contribution is -0.385. The second kappa shape index (κ2) is 8.18. The number of nitrogens with zero attached hydrogens (tertiary/aromatic N) is 4. The molecule has 0 aliphatic carbocycles. The summed E-state index contributed by atoms with van der Waals surface area (Å²) in [6.45, 7) is 13.6. The molecule has 0 radical (unpaired) electrons. The third kappa shape index (κ3) is 5.13. The SMILES string of the molecule is Cc1ncccc1-n1cc([N+](=O)[O-])c(OCCCO[Si](C)(C)C(C)(C)C)n1. The number of nitro groups is 1. The van der Waals surface area contributed by atoms with Gasteiger partial charge in [0.05, 0.1) is 22.9 Å². The van der Waals surface area contributed by atoms with Gasteiger partial charge in [0.2, 0.25) is 0 Å². The minimum atomic E-state index is -1.80. The first-order chi connectivity index (χ1) is 12.5. The summed E-state index contributed by atoms with van der Waals surface area (Å²) in [5.41, 5.74) is 1.24. The van der Waals surface area contributed by atoms with Gasteiger partial charge in [0.15, 0.2) is 8.32 Å². The highest BCUT2D eigenvalue weighted by molar-refractivity contribution is 6.74. The highest BCUT2D eigenvalue weighted by Gasteiger charge is 2.36. The molecule has 0 saturated heterocycles. The predicted molar refractivity (Wildman–Crippen MR) is 106 cm³/mol. The fraction of sp³-hybridized carbons (Fsp3) is 0.556. The van der Waals surface area contributed by atoms with Crippen molar-refractivity contribution in [3.63, 3.8) is 0 Å². The molecule has 0 N–H and O–H groups in total. The first kappa shape index (κ1) is 21.0. The maximum atomic E-state index is 11.3. The van der Waals surface area contributed by atoms with Gasteiger partial charge in [-0.3, -0.25) is 15.1 Å². The van der Waals surface area contributed by atoms with Crippen molar-refractivity contribution in [3.05, 3.63) is 40.3 Å². The molecule has 0 aliphatic heterocycles. The average Bonchev–Trinajstić information content (AvgIpc) is 2.98. The Morgan fingerprint density at radius 2 is 2.00 bits per heavy atom. The summed E-state index contributed by atoms with van der Waals surface area (Å²) < 4.78 is 13.1. The van der Waals surface area contributed by atoms with Gasteiger partial charge in [0.25, 0.3) is 0 Å². The van der Waals surface area contributed by atoms with Gasteiger partial charge in [-0.15, -0.1) is 5.10 Å². The summed E-state index contributed by atoms with van der Waals surface area (Å²) in [5.74, 6) is 0.00980. The van der Waals surface area contributed by atoms with Crippen molar-refractivity contribution >= 4 is 14.0 Å². The molecule has 2 heterocycles. The van der Waals surface area contributed by atoms with Gasteiger partial charge in [-0.05, 0) is 37.2 Å². The summed E-state index contributed by atoms with van der Waals surface area (Å²) in [4.78, 5) is 15.0. The third-order valence-corrected chi connectivity index (χ3v) is 9.42. The Hall–Kier alpha value is -2.26. The number of hydrogen-bond acceptors (Lipinski definition) is 6. The van der Waals surface area contributed by atoms with Gasteiger partial charge >= 0.3 is 11.6 Å². The molecule has 2 aromatic heterocycles. The maximum absolute atomic E-state index is 11.3. The molecule has 0 spiro atoms. The van der Waals surface area contributed by atoms with Crippen LogP contribution in [0.5, 0.6) is 5.88 Å². The molecule has 0 fully saturated rings. The van der Waals surface area contributed by atoms with E-state index in [0.717, 1.165) is 5.69 Å². The van der Waals surface area contributed by atoms with Gasteiger partial charge in [-0.25, -0.2) is 4.68 Å². The van der Waals surface area contributed by atoms with Crippen LogP contribution in [0.3, 0.4) is 0 Å². The fourth-order valence-corrected chi connectivity index (χ4v) is 3.28. The first-order valence-corrected chi connectivity index (χ1v) is 11.9. The van der Waals surface area contributed by atoms with E-state index in [2.05, 4.69) is 43.9 Å². The molecule has 8 nitrogen and oxygen atoms in total. The molecule has 2 aromatic rings. The van der Waals surface area contributed by atoms with Crippen LogP contribution in [-0.4, -0.2) is 41.2 Å². The number of rotatable bonds is 8. The van der Waals surface area contributed by atoms with Crippen molar-refractivity contribution in [3.8, 4) is 11.6 Å². The Balaban J connectivity index is 2.00. The lowest BCUT2D eigenvalue weighted by Crippen LogP contribution is -2.41. The van der Waals surface area contributed by atoms with E-state index in [1.807, 2.05) is 6.92 Å². The Labute approximate surface area is 160 Å². The van der Waals surface area contributed by atoms with E-state index in [4.69, 9.17) is 9.16 Å². The zero-order valence-corrected chi connectivity index (χ0v) is 17.9. The minimum Gasteiger partial charge on any atom is -0.472 e. The topological polar surface area (TPSA) is 92.3 Å². The molecule has 0 aromatic carbocycles. The summed E-state index contributed by atoms with van der Waals surface area (Å²) in [5, 5.41) is 15.7. The van der Waals surface area contributed by atoms with Crippen LogP contribution in [0.2, 0.25) is 18.1 Å². The Morgan fingerprint density at radius 3 is 2.59 bits per heavy atom. The van der Waals surface area contributed by atoms with Crippen LogP contribution in [0.1, 0.15) is 32.9 Å². The van der Waals surface area contributed by atoms with Crippen LogP contribution in [0.25, 0.3) is 5.69 Å². The van der Waals surface area contributed by atoms with Crippen LogP contribution in [0, 0.1) is 17.0 Å². The summed E-state index contributed by atoms with van der Waals surface area (Å²) in [6, 6.07) is 3.56. The van der Waals surface area contributed by atoms with E-state index < -0.39 is 13.2 Å². The second-order valence-corrected chi connectivity index (χ2v) is 12.7. The third-order valence-electron chi connectivity index (χ3n) is 4.88. The molecule has 0 unspecified atom stereocenters. The summed E-state index contributed by atoms with van der Waals surface area (Å²) in [7, 11) is -1.80. The average molecular weight is 393 g/mol. The molecular weight excluding hydrogens is 364 g/mol. The zero-order chi connectivity index (χ0) is 20.2. The van der Waals surface area contributed by atoms with Crippen molar-refractivity contribution in [1.29, 1.82) is 0 Å². The van der Waals surface area contributed by atoms with Gasteiger partial charge in [-0.2, -0.15) is 0 Å². The number of aromatic nitrogens is 3. The number of ether oxygens (including phenoxy) is 1. The van der Waals surface area contributed by atoms with E-state index in [-0.39, 0.29) is 16.6 Å². The minimum absolute atomic E-state index is 0.00980. The van der Waals surface area contributed by atoms with Crippen LogP contribution >= 0.6 is 0 Å². The van der Waals surface area contributed by atoms with Gasteiger partial charge in [-0.1, -0.05) is 20.8 Å². The zero-order valence-electron chi connectivity index (χ0n) is 16.9. The number of aryl methyl sites for hydroxylation is 1. The van der Waals surface area contributed by atoms with Crippen molar-refractivity contribution < 1.29 is 14.1 Å². The molecule has 0 aliphatic rings. The summed E-state index contributed by atoms with van der Waals surface area (Å²) >= 11 is 0.